The number of hydrogen-bond acceptors (Lipinski definition) is 6. The molecule has 1 atom stereocenters. The molecule has 4 aromatic rings. The Balaban J connectivity index is 1.53. The number of piperazine rings is 1. The van der Waals surface area contributed by atoms with Gasteiger partial charge in [-0.3, -0.25) is 14.6 Å². The van der Waals surface area contributed by atoms with Crippen LogP contribution in [0.15, 0.2) is 53.3 Å². The maximum atomic E-state index is 13.6. The number of nitrogens with one attached hydrogen (secondary N) is 1. The normalized spacial score (nSPS) is 16.4. The summed E-state index contributed by atoms with van der Waals surface area (Å²) in [7, 11) is 0. The van der Waals surface area contributed by atoms with Crippen molar-refractivity contribution in [1.29, 1.82) is 0 Å². The zero-order chi connectivity index (χ0) is 26.2. The first-order valence-electron chi connectivity index (χ1n) is 13.2. The van der Waals surface area contributed by atoms with Crippen molar-refractivity contribution in [1.82, 2.24) is 35.0 Å². The lowest BCUT2D eigenvalue weighted by atomic mass is 9.98. The molecule has 0 bridgehead atoms. The highest BCUT2D eigenvalue weighted by molar-refractivity contribution is 5.81. The van der Waals surface area contributed by atoms with Gasteiger partial charge in [0, 0.05) is 43.8 Å². The molecule has 2 aromatic heterocycles. The maximum Gasteiger partial charge on any atom is 0.253 e. The van der Waals surface area contributed by atoms with Crippen molar-refractivity contribution < 1.29 is 0 Å². The van der Waals surface area contributed by atoms with Crippen molar-refractivity contribution in [3.05, 3.63) is 87.0 Å². The summed E-state index contributed by atoms with van der Waals surface area (Å²) in [6.45, 7) is 15.0. The van der Waals surface area contributed by atoms with Crippen LogP contribution in [0.3, 0.4) is 0 Å². The number of aromatic nitrogens is 5. The van der Waals surface area contributed by atoms with E-state index >= 15 is 0 Å². The van der Waals surface area contributed by atoms with Gasteiger partial charge in [0.1, 0.15) is 6.04 Å². The van der Waals surface area contributed by atoms with Crippen LogP contribution in [-0.4, -0.2) is 61.2 Å². The number of tetrazole rings is 1. The molecule has 1 N–H and O–H groups in total. The van der Waals surface area contributed by atoms with Crippen molar-refractivity contribution in [3.63, 3.8) is 0 Å². The molecule has 37 heavy (non-hydrogen) atoms. The minimum atomic E-state index is -0.338. The Kier molecular flexibility index (Phi) is 6.96. The fourth-order valence-corrected chi connectivity index (χ4v) is 5.16. The monoisotopic (exact) mass is 499 g/mol. The minimum Gasteiger partial charge on any atom is -0.322 e. The summed E-state index contributed by atoms with van der Waals surface area (Å²) in [6.07, 6.45) is 0.870. The lowest BCUT2D eigenvalue weighted by Gasteiger charge is -2.39. The van der Waals surface area contributed by atoms with E-state index in [0.29, 0.717) is 5.56 Å². The molecule has 2 aromatic carbocycles. The summed E-state index contributed by atoms with van der Waals surface area (Å²) < 4.78 is 1.91. The summed E-state index contributed by atoms with van der Waals surface area (Å²) in [6, 6.07) is 16.5. The molecule has 1 aliphatic rings. The highest BCUT2D eigenvalue weighted by Crippen LogP contribution is 2.31. The zero-order valence-corrected chi connectivity index (χ0v) is 22.5. The van der Waals surface area contributed by atoms with Gasteiger partial charge in [0.2, 0.25) is 0 Å². The molecule has 1 unspecified atom stereocenters. The smallest absolute Gasteiger partial charge is 0.253 e. The van der Waals surface area contributed by atoms with Gasteiger partial charge in [0.05, 0.1) is 5.54 Å². The van der Waals surface area contributed by atoms with Gasteiger partial charge in [-0.25, -0.2) is 4.68 Å². The predicted octanol–water partition coefficient (Wildman–Crippen LogP) is 4.18. The van der Waals surface area contributed by atoms with Gasteiger partial charge in [0.15, 0.2) is 5.82 Å². The Bertz CT molecular complexity index is 1430. The topological polar surface area (TPSA) is 82.9 Å². The predicted molar refractivity (Wildman–Crippen MR) is 147 cm³/mol. The van der Waals surface area contributed by atoms with Crippen LogP contribution in [0.4, 0.5) is 0 Å². The van der Waals surface area contributed by atoms with Gasteiger partial charge in [-0.1, -0.05) is 37.3 Å². The summed E-state index contributed by atoms with van der Waals surface area (Å²) in [4.78, 5) is 21.6. The quantitative estimate of drug-likeness (QED) is 0.411. The largest absolute Gasteiger partial charge is 0.322 e. The number of hydrogen-bond donors (Lipinski definition) is 1. The summed E-state index contributed by atoms with van der Waals surface area (Å²) in [5.41, 5.74) is 4.87. The minimum absolute atomic E-state index is 0.0867. The van der Waals surface area contributed by atoms with Crippen LogP contribution in [0.5, 0.6) is 0 Å². The SMILES string of the molecule is CCC(C)(C)n1nnnc1C(c1cc2cc(C)c(C)cc2[nH]c1=O)N1CCN(Cc2ccccc2)CC1. The Hall–Kier alpha value is -3.36. The van der Waals surface area contributed by atoms with E-state index in [0.717, 1.165) is 61.4 Å². The molecule has 5 rings (SSSR count). The van der Waals surface area contributed by atoms with E-state index in [1.54, 1.807) is 0 Å². The lowest BCUT2D eigenvalue weighted by Crippen LogP contribution is -2.49. The summed E-state index contributed by atoms with van der Waals surface area (Å²) in [5.74, 6) is 0.719. The van der Waals surface area contributed by atoms with Crippen molar-refractivity contribution in [2.24, 2.45) is 0 Å². The number of pyridine rings is 1. The summed E-state index contributed by atoms with van der Waals surface area (Å²) in [5, 5.41) is 14.0. The summed E-state index contributed by atoms with van der Waals surface area (Å²) >= 11 is 0. The molecular weight excluding hydrogens is 462 g/mol. The van der Waals surface area contributed by atoms with Crippen molar-refractivity contribution >= 4 is 10.9 Å². The average molecular weight is 500 g/mol. The Morgan fingerprint density at radius 2 is 1.70 bits per heavy atom. The number of nitrogens with zero attached hydrogens (tertiary/aromatic N) is 6. The highest BCUT2D eigenvalue weighted by atomic mass is 16.1. The molecule has 1 fully saturated rings. The van der Waals surface area contributed by atoms with Crippen LogP contribution in [0, 0.1) is 13.8 Å². The first kappa shape index (κ1) is 25.3. The van der Waals surface area contributed by atoms with Crippen molar-refractivity contribution in [2.75, 3.05) is 26.2 Å². The number of rotatable bonds is 7. The van der Waals surface area contributed by atoms with E-state index < -0.39 is 0 Å². The van der Waals surface area contributed by atoms with Crippen LogP contribution >= 0.6 is 0 Å². The lowest BCUT2D eigenvalue weighted by molar-refractivity contribution is 0.0968. The molecule has 1 saturated heterocycles. The fourth-order valence-electron chi connectivity index (χ4n) is 5.16. The number of aromatic amines is 1. The number of H-pyrrole nitrogens is 1. The van der Waals surface area contributed by atoms with E-state index in [1.807, 2.05) is 10.7 Å². The van der Waals surface area contributed by atoms with Gasteiger partial charge in [-0.05, 0) is 84.8 Å². The van der Waals surface area contributed by atoms with Crippen LogP contribution < -0.4 is 5.56 Å². The standard InChI is InChI=1S/C29H37N7O/c1-6-29(4,5)36-27(31-32-33-36)26(24-18-23-16-20(2)21(3)17-25(23)30-28(24)37)35-14-12-34(13-15-35)19-22-10-8-7-9-11-22/h7-11,16-18,26H,6,12-15,19H2,1-5H3,(H,30,37). The van der Waals surface area contributed by atoms with E-state index in [4.69, 9.17) is 0 Å². The van der Waals surface area contributed by atoms with E-state index in [-0.39, 0.29) is 17.1 Å². The first-order chi connectivity index (χ1) is 17.8. The van der Waals surface area contributed by atoms with Gasteiger partial charge >= 0.3 is 0 Å². The second kappa shape index (κ2) is 10.2. The molecular formula is C29H37N7O. The molecule has 0 aliphatic carbocycles. The Labute approximate surface area is 218 Å². The van der Waals surface area contributed by atoms with Crippen molar-refractivity contribution in [2.45, 2.75) is 59.2 Å². The second-order valence-corrected chi connectivity index (χ2v) is 10.9. The third-order valence-corrected chi connectivity index (χ3v) is 7.98. The molecule has 0 radical (unpaired) electrons. The van der Waals surface area contributed by atoms with Gasteiger partial charge in [-0.15, -0.1) is 5.10 Å². The van der Waals surface area contributed by atoms with Crippen LogP contribution in [-0.2, 0) is 12.1 Å². The van der Waals surface area contributed by atoms with Gasteiger partial charge in [-0.2, -0.15) is 0 Å². The van der Waals surface area contributed by atoms with E-state index in [1.165, 1.54) is 11.1 Å². The van der Waals surface area contributed by atoms with Crippen molar-refractivity contribution in [3.8, 4) is 0 Å². The second-order valence-electron chi connectivity index (χ2n) is 10.9. The third kappa shape index (κ3) is 5.08. The average Bonchev–Trinajstić information content (AvgIpc) is 3.38. The van der Waals surface area contributed by atoms with E-state index in [2.05, 4.69) is 107 Å². The van der Waals surface area contributed by atoms with Crippen LogP contribution in [0.25, 0.3) is 10.9 Å². The molecule has 0 spiro atoms. The molecule has 0 amide bonds. The van der Waals surface area contributed by atoms with Crippen LogP contribution in [0.2, 0.25) is 0 Å². The molecule has 0 saturated carbocycles. The van der Waals surface area contributed by atoms with Gasteiger partial charge < -0.3 is 4.98 Å². The molecule has 194 valence electrons. The molecule has 3 heterocycles. The zero-order valence-electron chi connectivity index (χ0n) is 22.5. The Morgan fingerprint density at radius 1 is 1.00 bits per heavy atom. The molecule has 8 heteroatoms. The molecule has 8 nitrogen and oxygen atoms in total. The highest BCUT2D eigenvalue weighted by Gasteiger charge is 2.35. The first-order valence-corrected chi connectivity index (χ1v) is 13.2. The van der Waals surface area contributed by atoms with Gasteiger partial charge in [0.25, 0.3) is 5.56 Å². The third-order valence-electron chi connectivity index (χ3n) is 7.98. The van der Waals surface area contributed by atoms with Crippen LogP contribution in [0.1, 0.15) is 61.3 Å². The number of fused-ring (bicyclic) bond motifs is 1. The number of aryl methyl sites for hydroxylation is 2. The maximum absolute atomic E-state index is 13.6. The van der Waals surface area contributed by atoms with E-state index in [9.17, 15) is 4.79 Å². The number of benzene rings is 2. The molecule has 1 aliphatic heterocycles. The Morgan fingerprint density at radius 3 is 2.41 bits per heavy atom. The fraction of sp³-hybridized carbons (Fsp3) is 0.448.